The fourth-order valence-corrected chi connectivity index (χ4v) is 2.12. The molecule has 1 heterocycles. The summed E-state index contributed by atoms with van der Waals surface area (Å²) in [5.41, 5.74) is 4.92. The molecule has 2 rings (SSSR count). The number of imide groups is 1. The molecule has 23 heavy (non-hydrogen) atoms. The number of nitrogens with one attached hydrogen (secondary N) is 1. The van der Waals surface area contributed by atoms with E-state index < -0.39 is 24.0 Å². The Morgan fingerprint density at radius 2 is 2.00 bits per heavy atom. The van der Waals surface area contributed by atoms with Gasteiger partial charge in [0.05, 0.1) is 23.8 Å². The second kappa shape index (κ2) is 7.19. The molecular weight excluding hydrogens is 328 g/mol. The maximum atomic E-state index is 12.1. The summed E-state index contributed by atoms with van der Waals surface area (Å²) >= 11 is 6.08. The summed E-state index contributed by atoms with van der Waals surface area (Å²) in [7, 11) is 0. The van der Waals surface area contributed by atoms with Crippen molar-refractivity contribution in [1.29, 1.82) is 0 Å². The second-order valence-electron chi connectivity index (χ2n) is 4.74. The molecule has 0 aliphatic carbocycles. The number of hydrogen-bond donors (Lipinski definition) is 2. The first-order valence-electron chi connectivity index (χ1n) is 6.79. The lowest BCUT2D eigenvalue weighted by Gasteiger charge is -2.14. The van der Waals surface area contributed by atoms with Crippen LogP contribution in [0.25, 0.3) is 0 Å². The van der Waals surface area contributed by atoms with Crippen LogP contribution in [-0.4, -0.2) is 37.2 Å². The first kappa shape index (κ1) is 16.9. The molecule has 1 aliphatic rings. The Morgan fingerprint density at radius 3 is 2.70 bits per heavy atom. The monoisotopic (exact) mass is 342 g/mol. The molecule has 0 fully saturated rings. The highest BCUT2D eigenvalue weighted by atomic mass is 35.5. The Balaban J connectivity index is 2.13. The highest BCUT2D eigenvalue weighted by molar-refractivity contribution is 6.32. The van der Waals surface area contributed by atoms with E-state index in [-0.39, 0.29) is 10.6 Å². The number of fused-ring (bicyclic) bond motifs is 1. The van der Waals surface area contributed by atoms with Crippen molar-refractivity contribution in [2.75, 3.05) is 13.2 Å². The number of esters is 1. The van der Waals surface area contributed by atoms with Gasteiger partial charge >= 0.3 is 12.0 Å². The van der Waals surface area contributed by atoms with Crippen LogP contribution < -0.4 is 20.5 Å². The second-order valence-corrected chi connectivity index (χ2v) is 5.14. The van der Waals surface area contributed by atoms with Gasteiger partial charge in [0.25, 0.3) is 5.91 Å². The molecule has 3 N–H and O–H groups in total. The third kappa shape index (κ3) is 4.26. The fourth-order valence-electron chi connectivity index (χ4n) is 1.85. The van der Waals surface area contributed by atoms with Crippen molar-refractivity contribution in [3.63, 3.8) is 0 Å². The van der Waals surface area contributed by atoms with Crippen molar-refractivity contribution in [2.24, 2.45) is 5.73 Å². The molecule has 0 spiro atoms. The Hall–Kier alpha value is -2.48. The van der Waals surface area contributed by atoms with Gasteiger partial charge in [-0.3, -0.25) is 10.1 Å². The number of rotatable bonds is 3. The SMILES string of the molecule is C[C@H](OC(=O)c1cc(Cl)c2c(c1)OCCCO2)C(=O)NC(N)=O. The average Bonchev–Trinajstić information content (AvgIpc) is 2.71. The summed E-state index contributed by atoms with van der Waals surface area (Å²) in [6, 6.07) is 1.75. The molecule has 1 atom stereocenters. The van der Waals surface area contributed by atoms with E-state index in [4.69, 9.17) is 31.5 Å². The van der Waals surface area contributed by atoms with E-state index in [9.17, 15) is 14.4 Å². The molecule has 9 heteroatoms. The largest absolute Gasteiger partial charge is 0.489 e. The standard InChI is InChI=1S/C14H15ClN2O6/c1-7(12(18)17-14(16)20)23-13(19)8-5-9(15)11-10(6-8)21-3-2-4-22-11/h5-7H,2-4H2,1H3,(H3,16,17,18,20)/t7-/m0/s1. The van der Waals surface area contributed by atoms with Gasteiger partial charge in [0, 0.05) is 6.42 Å². The van der Waals surface area contributed by atoms with Gasteiger partial charge in [-0.1, -0.05) is 11.6 Å². The Morgan fingerprint density at radius 1 is 1.30 bits per heavy atom. The van der Waals surface area contributed by atoms with Gasteiger partial charge in [0.1, 0.15) is 0 Å². The topological polar surface area (TPSA) is 117 Å². The minimum absolute atomic E-state index is 0.0953. The fraction of sp³-hybridized carbons (Fsp3) is 0.357. The maximum absolute atomic E-state index is 12.1. The smallest absolute Gasteiger partial charge is 0.339 e. The molecule has 0 radical (unpaired) electrons. The minimum atomic E-state index is -1.20. The molecule has 0 saturated carbocycles. The van der Waals surface area contributed by atoms with Crippen LogP contribution in [0.4, 0.5) is 4.79 Å². The highest BCUT2D eigenvalue weighted by Crippen LogP contribution is 2.38. The van der Waals surface area contributed by atoms with E-state index in [1.807, 2.05) is 5.32 Å². The van der Waals surface area contributed by atoms with Crippen LogP contribution in [-0.2, 0) is 9.53 Å². The van der Waals surface area contributed by atoms with Crippen LogP contribution in [0.3, 0.4) is 0 Å². The number of halogens is 1. The molecule has 1 aliphatic heterocycles. The lowest BCUT2D eigenvalue weighted by Crippen LogP contribution is -2.42. The van der Waals surface area contributed by atoms with Crippen LogP contribution in [0.2, 0.25) is 5.02 Å². The number of primary amides is 1. The van der Waals surface area contributed by atoms with Crippen LogP contribution >= 0.6 is 11.6 Å². The van der Waals surface area contributed by atoms with Gasteiger partial charge in [-0.05, 0) is 19.1 Å². The summed E-state index contributed by atoms with van der Waals surface area (Å²) in [6.45, 7) is 2.20. The van der Waals surface area contributed by atoms with Crippen LogP contribution in [0.5, 0.6) is 11.5 Å². The van der Waals surface area contributed by atoms with Crippen molar-refractivity contribution >= 4 is 29.5 Å². The first-order chi connectivity index (χ1) is 10.9. The lowest BCUT2D eigenvalue weighted by atomic mass is 10.2. The third-order valence-corrected chi connectivity index (χ3v) is 3.22. The van der Waals surface area contributed by atoms with Crippen LogP contribution in [0.1, 0.15) is 23.7 Å². The number of amides is 3. The molecule has 0 unspecified atom stereocenters. The maximum Gasteiger partial charge on any atom is 0.339 e. The van der Waals surface area contributed by atoms with Crippen LogP contribution in [0, 0.1) is 0 Å². The minimum Gasteiger partial charge on any atom is -0.489 e. The van der Waals surface area contributed by atoms with E-state index in [1.54, 1.807) is 0 Å². The van der Waals surface area contributed by atoms with Crippen molar-refractivity contribution < 1.29 is 28.6 Å². The lowest BCUT2D eigenvalue weighted by molar-refractivity contribution is -0.127. The number of urea groups is 1. The van der Waals surface area contributed by atoms with Crippen LogP contribution in [0.15, 0.2) is 12.1 Å². The number of ether oxygens (including phenoxy) is 3. The molecule has 124 valence electrons. The van der Waals surface area contributed by atoms with E-state index in [1.165, 1.54) is 19.1 Å². The van der Waals surface area contributed by atoms with Crippen molar-refractivity contribution in [3.05, 3.63) is 22.7 Å². The summed E-state index contributed by atoms with van der Waals surface area (Å²) in [4.78, 5) is 34.2. The molecular formula is C14H15ClN2O6. The van der Waals surface area contributed by atoms with E-state index in [2.05, 4.69) is 0 Å². The molecule has 8 nitrogen and oxygen atoms in total. The van der Waals surface area contributed by atoms with E-state index in [0.717, 1.165) is 0 Å². The van der Waals surface area contributed by atoms with Crippen molar-refractivity contribution in [1.82, 2.24) is 5.32 Å². The Bertz CT molecular complexity index is 648. The zero-order chi connectivity index (χ0) is 17.0. The number of carbonyl (C=O) groups excluding carboxylic acids is 3. The quantitative estimate of drug-likeness (QED) is 0.798. The van der Waals surface area contributed by atoms with Crippen molar-refractivity contribution in [3.8, 4) is 11.5 Å². The average molecular weight is 343 g/mol. The number of carbonyl (C=O) groups is 3. The summed E-state index contributed by atoms with van der Waals surface area (Å²) in [5, 5.41) is 2.02. The van der Waals surface area contributed by atoms with Crippen molar-refractivity contribution in [2.45, 2.75) is 19.4 Å². The Kier molecular flexibility index (Phi) is 5.28. The van der Waals surface area contributed by atoms with Gasteiger partial charge in [-0.15, -0.1) is 0 Å². The zero-order valence-corrected chi connectivity index (χ0v) is 13.0. The first-order valence-corrected chi connectivity index (χ1v) is 7.16. The summed E-state index contributed by atoms with van der Waals surface area (Å²) in [6.07, 6.45) is -0.514. The van der Waals surface area contributed by atoms with Gasteiger partial charge in [0.15, 0.2) is 17.6 Å². The number of nitrogens with two attached hydrogens (primary N) is 1. The molecule has 1 aromatic rings. The summed E-state index contributed by atoms with van der Waals surface area (Å²) < 4.78 is 15.9. The van der Waals surface area contributed by atoms with E-state index in [0.29, 0.717) is 31.1 Å². The van der Waals surface area contributed by atoms with Gasteiger partial charge in [0.2, 0.25) is 0 Å². The van der Waals surface area contributed by atoms with Gasteiger partial charge < -0.3 is 19.9 Å². The molecule has 0 saturated heterocycles. The van der Waals surface area contributed by atoms with Gasteiger partial charge in [-0.2, -0.15) is 0 Å². The predicted octanol–water partition coefficient (Wildman–Crippen LogP) is 1.24. The van der Waals surface area contributed by atoms with Gasteiger partial charge in [-0.25, -0.2) is 9.59 Å². The molecule has 0 bridgehead atoms. The normalized spacial score (nSPS) is 14.3. The molecule has 3 amide bonds. The summed E-state index contributed by atoms with van der Waals surface area (Å²) in [5.74, 6) is -0.933. The predicted molar refractivity (Wildman–Crippen MR) is 79.7 cm³/mol. The Labute approximate surface area is 136 Å². The number of hydrogen-bond acceptors (Lipinski definition) is 6. The number of benzene rings is 1. The molecule has 0 aromatic heterocycles. The molecule has 1 aromatic carbocycles. The highest BCUT2D eigenvalue weighted by Gasteiger charge is 2.23. The van der Waals surface area contributed by atoms with E-state index >= 15 is 0 Å². The third-order valence-electron chi connectivity index (χ3n) is 2.94. The zero-order valence-electron chi connectivity index (χ0n) is 12.3.